The van der Waals surface area contributed by atoms with E-state index < -0.39 is 0 Å². The molecule has 0 aliphatic carbocycles. The number of rotatable bonds is 3. The van der Waals surface area contributed by atoms with Gasteiger partial charge in [0.1, 0.15) is 0 Å². The Labute approximate surface area is 122 Å². The first-order valence-corrected chi connectivity index (χ1v) is 5.83. The summed E-state index contributed by atoms with van der Waals surface area (Å²) in [6, 6.07) is 5.35. The summed E-state index contributed by atoms with van der Waals surface area (Å²) in [6.07, 6.45) is 1.87. The molecule has 7 heteroatoms. The Morgan fingerprint density at radius 2 is 1.94 bits per heavy atom. The number of aromatic nitrogens is 3. The monoisotopic (exact) mass is 306 g/mol. The van der Waals surface area contributed by atoms with Crippen LogP contribution in [-0.4, -0.2) is 34.0 Å². The molecule has 0 radical (unpaired) electrons. The van der Waals surface area contributed by atoms with Gasteiger partial charge in [-0.3, -0.25) is 0 Å². The van der Waals surface area contributed by atoms with Gasteiger partial charge in [-0.05, 0) is 32.3 Å². The molecule has 0 saturated carbocycles. The fourth-order valence-corrected chi connectivity index (χ4v) is 1.74. The van der Waals surface area contributed by atoms with Crippen LogP contribution in [0.5, 0.6) is 0 Å². The van der Waals surface area contributed by atoms with Gasteiger partial charge < -0.3 is 4.90 Å². The average Bonchev–Trinajstić information content (AvgIpc) is 2.69. The van der Waals surface area contributed by atoms with Gasteiger partial charge in [-0.15, -0.1) is 17.5 Å². The first-order chi connectivity index (χ1) is 8.06. The molecule has 2 aromatic rings. The van der Waals surface area contributed by atoms with Gasteiger partial charge >= 0.3 is 0 Å². The number of halogens is 3. The summed E-state index contributed by atoms with van der Waals surface area (Å²) in [4.78, 5) is 2.03. The van der Waals surface area contributed by atoms with Crippen LogP contribution in [0.15, 0.2) is 24.4 Å². The number of hydrogen-bond donors (Lipinski definition) is 0. The van der Waals surface area contributed by atoms with E-state index >= 15 is 0 Å². The molecular weight excluding hydrogens is 295 g/mol. The quantitative estimate of drug-likeness (QED) is 0.874. The lowest BCUT2D eigenvalue weighted by molar-refractivity contribution is 0.396. The number of benzene rings is 1. The van der Waals surface area contributed by atoms with Gasteiger partial charge in [0, 0.05) is 6.54 Å². The highest BCUT2D eigenvalue weighted by atomic mass is 35.5. The van der Waals surface area contributed by atoms with Crippen molar-refractivity contribution in [2.45, 2.75) is 6.54 Å². The molecule has 0 saturated heterocycles. The zero-order valence-electron chi connectivity index (χ0n) is 9.97. The molecule has 4 nitrogen and oxygen atoms in total. The van der Waals surface area contributed by atoms with E-state index in [2.05, 4.69) is 10.3 Å². The first kappa shape index (κ1) is 15.2. The summed E-state index contributed by atoms with van der Waals surface area (Å²) in [5.74, 6) is 0. The molecule has 0 N–H and O–H groups in total. The van der Waals surface area contributed by atoms with Crippen LogP contribution in [0, 0.1) is 0 Å². The van der Waals surface area contributed by atoms with E-state index in [0.29, 0.717) is 10.0 Å². The lowest BCUT2D eigenvalue weighted by Gasteiger charge is -2.05. The van der Waals surface area contributed by atoms with Crippen molar-refractivity contribution in [2.24, 2.45) is 0 Å². The second-order valence-electron chi connectivity index (χ2n) is 3.99. The Morgan fingerprint density at radius 1 is 1.22 bits per heavy atom. The standard InChI is InChI=1S/C11H12Cl2N4.ClH/c1-16(2)6-8-7-17(15-14-8)9-3-4-10(12)11(13)5-9;/h3-5,7H,6H2,1-2H3;1H. The summed E-state index contributed by atoms with van der Waals surface area (Å²) in [6.45, 7) is 0.751. The second kappa shape index (κ2) is 6.38. The molecule has 0 unspecified atom stereocenters. The zero-order chi connectivity index (χ0) is 12.4. The molecule has 0 amide bonds. The van der Waals surface area contributed by atoms with Crippen LogP contribution in [0.3, 0.4) is 0 Å². The van der Waals surface area contributed by atoms with Gasteiger partial charge in [-0.2, -0.15) is 0 Å². The van der Waals surface area contributed by atoms with Crippen molar-refractivity contribution in [3.8, 4) is 5.69 Å². The minimum Gasteiger partial charge on any atom is -0.303 e. The predicted molar refractivity (Wildman–Crippen MR) is 76.0 cm³/mol. The third-order valence-electron chi connectivity index (χ3n) is 2.19. The van der Waals surface area contributed by atoms with E-state index in [1.807, 2.05) is 31.3 Å². The number of hydrogen-bond acceptors (Lipinski definition) is 3. The van der Waals surface area contributed by atoms with Gasteiger partial charge in [0.2, 0.25) is 0 Å². The SMILES string of the molecule is CN(C)Cc1cn(-c2ccc(Cl)c(Cl)c2)nn1.Cl. The lowest BCUT2D eigenvalue weighted by Crippen LogP contribution is -2.10. The predicted octanol–water partition coefficient (Wildman–Crippen LogP) is 3.06. The maximum Gasteiger partial charge on any atom is 0.0971 e. The number of nitrogens with zero attached hydrogens (tertiary/aromatic N) is 4. The van der Waals surface area contributed by atoms with Crippen molar-refractivity contribution in [1.82, 2.24) is 19.9 Å². The molecule has 0 aliphatic heterocycles. The maximum absolute atomic E-state index is 5.95. The molecule has 0 bridgehead atoms. The molecule has 1 heterocycles. The van der Waals surface area contributed by atoms with E-state index in [4.69, 9.17) is 23.2 Å². The highest BCUT2D eigenvalue weighted by molar-refractivity contribution is 6.42. The van der Waals surface area contributed by atoms with Gasteiger partial charge in [0.25, 0.3) is 0 Å². The van der Waals surface area contributed by atoms with Crippen LogP contribution in [-0.2, 0) is 6.54 Å². The van der Waals surface area contributed by atoms with Crippen molar-refractivity contribution >= 4 is 35.6 Å². The highest BCUT2D eigenvalue weighted by Gasteiger charge is 2.05. The zero-order valence-corrected chi connectivity index (χ0v) is 12.3. The minimum absolute atomic E-state index is 0. The van der Waals surface area contributed by atoms with Crippen LogP contribution in [0.1, 0.15) is 5.69 Å². The second-order valence-corrected chi connectivity index (χ2v) is 4.81. The van der Waals surface area contributed by atoms with Crippen LogP contribution in [0.4, 0.5) is 0 Å². The van der Waals surface area contributed by atoms with Crippen molar-refractivity contribution < 1.29 is 0 Å². The van der Waals surface area contributed by atoms with Crippen molar-refractivity contribution in [1.29, 1.82) is 0 Å². The molecule has 1 aromatic heterocycles. The van der Waals surface area contributed by atoms with Crippen molar-refractivity contribution in [2.75, 3.05) is 14.1 Å². The van der Waals surface area contributed by atoms with Crippen molar-refractivity contribution in [3.05, 3.63) is 40.1 Å². The van der Waals surface area contributed by atoms with E-state index in [9.17, 15) is 0 Å². The van der Waals surface area contributed by atoms with Crippen LogP contribution in [0.2, 0.25) is 10.0 Å². The average molecular weight is 308 g/mol. The summed E-state index contributed by atoms with van der Waals surface area (Å²) in [5.41, 5.74) is 1.75. The molecule has 2 rings (SSSR count). The Balaban J connectivity index is 0.00000162. The third-order valence-corrected chi connectivity index (χ3v) is 2.93. The lowest BCUT2D eigenvalue weighted by atomic mass is 10.3. The van der Waals surface area contributed by atoms with Gasteiger partial charge in [-0.1, -0.05) is 28.4 Å². The molecule has 0 fully saturated rings. The van der Waals surface area contributed by atoms with E-state index in [1.165, 1.54) is 0 Å². The molecule has 0 aliphatic rings. The van der Waals surface area contributed by atoms with Gasteiger partial charge in [0.15, 0.2) is 0 Å². The Hall–Kier alpha value is -0.810. The molecule has 1 aromatic carbocycles. The molecule has 98 valence electrons. The smallest absolute Gasteiger partial charge is 0.0971 e. The van der Waals surface area contributed by atoms with Crippen LogP contribution >= 0.6 is 35.6 Å². The summed E-state index contributed by atoms with van der Waals surface area (Å²) < 4.78 is 1.68. The van der Waals surface area contributed by atoms with E-state index in [0.717, 1.165) is 17.9 Å². The van der Waals surface area contributed by atoms with Crippen LogP contribution < -0.4 is 0 Å². The van der Waals surface area contributed by atoms with Crippen molar-refractivity contribution in [3.63, 3.8) is 0 Å². The van der Waals surface area contributed by atoms with Gasteiger partial charge in [0.05, 0.1) is 27.6 Å². The van der Waals surface area contributed by atoms with E-state index in [-0.39, 0.29) is 12.4 Å². The largest absolute Gasteiger partial charge is 0.303 e. The molecular formula is C11H13Cl3N4. The third kappa shape index (κ3) is 3.59. The minimum atomic E-state index is 0. The normalized spacial score (nSPS) is 10.5. The van der Waals surface area contributed by atoms with Crippen LogP contribution in [0.25, 0.3) is 5.69 Å². The highest BCUT2D eigenvalue weighted by Crippen LogP contribution is 2.24. The Kier molecular flexibility index (Phi) is 5.41. The fraction of sp³-hybridized carbons (Fsp3) is 0.273. The summed E-state index contributed by atoms with van der Waals surface area (Å²) in [5, 5.41) is 9.17. The molecule has 0 atom stereocenters. The van der Waals surface area contributed by atoms with E-state index in [1.54, 1.807) is 16.8 Å². The first-order valence-electron chi connectivity index (χ1n) is 5.07. The molecule has 18 heavy (non-hydrogen) atoms. The maximum atomic E-state index is 5.95. The summed E-state index contributed by atoms with van der Waals surface area (Å²) >= 11 is 11.8. The Morgan fingerprint density at radius 3 is 2.56 bits per heavy atom. The fourth-order valence-electron chi connectivity index (χ4n) is 1.45. The van der Waals surface area contributed by atoms with Gasteiger partial charge in [-0.25, -0.2) is 4.68 Å². The molecule has 0 spiro atoms. The Bertz CT molecular complexity index is 525. The summed E-state index contributed by atoms with van der Waals surface area (Å²) in [7, 11) is 3.97. The topological polar surface area (TPSA) is 34.0 Å².